The lowest BCUT2D eigenvalue weighted by Crippen LogP contribution is -2.43. The Balaban J connectivity index is 3.78. The Bertz CT molecular complexity index is 261. The number of carbonyl (C=O) groups is 2. The van der Waals surface area contributed by atoms with Crippen LogP contribution in [0.25, 0.3) is 0 Å². The lowest BCUT2D eigenvalue weighted by molar-refractivity contribution is -0.131. The molecule has 0 aliphatic carbocycles. The van der Waals surface area contributed by atoms with Crippen molar-refractivity contribution in [2.45, 2.75) is 26.9 Å². The molecule has 3 N–H and O–H groups in total. The van der Waals surface area contributed by atoms with Crippen molar-refractivity contribution in [1.29, 1.82) is 0 Å². The first kappa shape index (κ1) is 15.9. The van der Waals surface area contributed by atoms with E-state index in [9.17, 15) is 14.7 Å². The van der Waals surface area contributed by atoms with Gasteiger partial charge in [0, 0.05) is 19.1 Å². The number of aliphatic hydroxyl groups is 1. The van der Waals surface area contributed by atoms with Gasteiger partial charge in [-0.15, -0.1) is 0 Å². The zero-order valence-corrected chi connectivity index (χ0v) is 10.9. The lowest BCUT2D eigenvalue weighted by atomic mass is 9.96. The summed E-state index contributed by atoms with van der Waals surface area (Å²) in [5, 5.41) is 14.3. The third-order valence-electron chi connectivity index (χ3n) is 1.98. The molecule has 0 spiro atoms. The molecule has 0 aliphatic rings. The van der Waals surface area contributed by atoms with E-state index >= 15 is 0 Å². The predicted octanol–water partition coefficient (Wildman–Crippen LogP) is -0.728. The van der Waals surface area contributed by atoms with E-state index < -0.39 is 11.5 Å². The number of carbonyl (C=O) groups excluding carboxylic acids is 2. The summed E-state index contributed by atoms with van der Waals surface area (Å²) in [6.45, 7) is 5.48. The summed E-state index contributed by atoms with van der Waals surface area (Å²) in [7, 11) is 1.47. The van der Waals surface area contributed by atoms with Gasteiger partial charge in [0.1, 0.15) is 0 Å². The molecule has 0 bridgehead atoms. The van der Waals surface area contributed by atoms with Gasteiger partial charge in [0.25, 0.3) is 0 Å². The van der Waals surface area contributed by atoms with Crippen LogP contribution in [0.15, 0.2) is 0 Å². The SMILES string of the molecule is COCC(O)CNC(=O)CNC(=O)C(C)(C)C. The summed E-state index contributed by atoms with van der Waals surface area (Å²) in [5.74, 6) is -0.525. The molecule has 1 unspecified atom stereocenters. The minimum atomic E-state index is -0.734. The highest BCUT2D eigenvalue weighted by Crippen LogP contribution is 2.11. The maximum Gasteiger partial charge on any atom is 0.239 e. The molecule has 0 aromatic carbocycles. The van der Waals surface area contributed by atoms with Gasteiger partial charge in [-0.2, -0.15) is 0 Å². The molecule has 0 saturated carbocycles. The van der Waals surface area contributed by atoms with Crippen molar-refractivity contribution >= 4 is 11.8 Å². The summed E-state index contributed by atoms with van der Waals surface area (Å²) in [5.41, 5.74) is -0.518. The summed E-state index contributed by atoms with van der Waals surface area (Å²) < 4.78 is 4.71. The van der Waals surface area contributed by atoms with Crippen molar-refractivity contribution in [3.05, 3.63) is 0 Å². The van der Waals surface area contributed by atoms with Crippen LogP contribution in [0.4, 0.5) is 0 Å². The van der Waals surface area contributed by atoms with Crippen molar-refractivity contribution in [2.24, 2.45) is 5.41 Å². The van der Waals surface area contributed by atoms with Crippen molar-refractivity contribution < 1.29 is 19.4 Å². The molecule has 6 heteroatoms. The van der Waals surface area contributed by atoms with Crippen LogP contribution in [0.1, 0.15) is 20.8 Å². The monoisotopic (exact) mass is 246 g/mol. The smallest absolute Gasteiger partial charge is 0.239 e. The zero-order chi connectivity index (χ0) is 13.5. The fourth-order valence-corrected chi connectivity index (χ4v) is 0.971. The highest BCUT2D eigenvalue weighted by atomic mass is 16.5. The third-order valence-corrected chi connectivity index (χ3v) is 1.98. The number of hydrogen-bond donors (Lipinski definition) is 3. The maximum absolute atomic E-state index is 11.4. The minimum Gasteiger partial charge on any atom is -0.389 e. The van der Waals surface area contributed by atoms with Crippen LogP contribution in [-0.4, -0.2) is 49.8 Å². The van der Waals surface area contributed by atoms with Crippen LogP contribution in [0.3, 0.4) is 0 Å². The van der Waals surface area contributed by atoms with Crippen LogP contribution < -0.4 is 10.6 Å². The highest BCUT2D eigenvalue weighted by molar-refractivity contribution is 5.87. The van der Waals surface area contributed by atoms with E-state index in [2.05, 4.69) is 10.6 Å². The first-order valence-electron chi connectivity index (χ1n) is 5.49. The number of nitrogens with one attached hydrogen (secondary N) is 2. The molecule has 0 saturated heterocycles. The van der Waals surface area contributed by atoms with E-state index in [4.69, 9.17) is 4.74 Å². The average molecular weight is 246 g/mol. The summed E-state index contributed by atoms with van der Waals surface area (Å²) in [6, 6.07) is 0. The van der Waals surface area contributed by atoms with Gasteiger partial charge in [0.15, 0.2) is 0 Å². The van der Waals surface area contributed by atoms with Gasteiger partial charge in [-0.05, 0) is 0 Å². The summed E-state index contributed by atoms with van der Waals surface area (Å²) >= 11 is 0. The van der Waals surface area contributed by atoms with Gasteiger partial charge in [-0.3, -0.25) is 9.59 Å². The Kier molecular flexibility index (Phi) is 6.75. The van der Waals surface area contributed by atoms with E-state index in [1.807, 2.05) is 0 Å². The summed E-state index contributed by atoms with van der Waals surface area (Å²) in [6.07, 6.45) is -0.734. The quantitative estimate of drug-likeness (QED) is 0.577. The van der Waals surface area contributed by atoms with Crippen LogP contribution in [0, 0.1) is 5.41 Å². The van der Waals surface area contributed by atoms with Gasteiger partial charge in [-0.1, -0.05) is 20.8 Å². The molecule has 17 heavy (non-hydrogen) atoms. The Morgan fingerprint density at radius 1 is 1.29 bits per heavy atom. The zero-order valence-electron chi connectivity index (χ0n) is 10.9. The third kappa shape index (κ3) is 7.70. The molecular weight excluding hydrogens is 224 g/mol. The number of hydrogen-bond acceptors (Lipinski definition) is 4. The fraction of sp³-hybridized carbons (Fsp3) is 0.818. The molecule has 6 nitrogen and oxygen atoms in total. The summed E-state index contributed by atoms with van der Waals surface area (Å²) in [4.78, 5) is 22.8. The number of aliphatic hydroxyl groups excluding tert-OH is 1. The second kappa shape index (κ2) is 7.24. The molecule has 0 rings (SSSR count). The van der Waals surface area contributed by atoms with E-state index in [0.29, 0.717) is 0 Å². The van der Waals surface area contributed by atoms with Crippen molar-refractivity contribution in [1.82, 2.24) is 10.6 Å². The van der Waals surface area contributed by atoms with Crippen LogP contribution >= 0.6 is 0 Å². The largest absolute Gasteiger partial charge is 0.389 e. The van der Waals surface area contributed by atoms with Crippen LogP contribution in [-0.2, 0) is 14.3 Å². The normalized spacial score (nSPS) is 13.0. The van der Waals surface area contributed by atoms with E-state index in [1.54, 1.807) is 20.8 Å². The van der Waals surface area contributed by atoms with Crippen LogP contribution in [0.5, 0.6) is 0 Å². The second-order valence-corrected chi connectivity index (χ2v) is 4.85. The van der Waals surface area contributed by atoms with Gasteiger partial charge < -0.3 is 20.5 Å². The molecule has 1 atom stereocenters. The molecule has 2 amide bonds. The molecule has 0 aliphatic heterocycles. The number of methoxy groups -OCH3 is 1. The number of amides is 2. The van der Waals surface area contributed by atoms with Gasteiger partial charge in [0.2, 0.25) is 11.8 Å². The number of ether oxygens (including phenoxy) is 1. The molecule has 0 aromatic heterocycles. The van der Waals surface area contributed by atoms with Gasteiger partial charge in [-0.25, -0.2) is 0 Å². The Labute approximate surface area is 102 Å². The van der Waals surface area contributed by atoms with Crippen molar-refractivity contribution in [3.8, 4) is 0 Å². The average Bonchev–Trinajstić information content (AvgIpc) is 2.22. The standard InChI is InChI=1S/C11H22N2O4/c1-11(2,3)10(16)13-6-9(15)12-5-8(14)7-17-4/h8,14H,5-7H2,1-4H3,(H,12,15)(H,13,16). The highest BCUT2D eigenvalue weighted by Gasteiger charge is 2.21. The molecule has 0 fully saturated rings. The first-order valence-corrected chi connectivity index (χ1v) is 5.49. The molecular formula is C11H22N2O4. The van der Waals surface area contributed by atoms with Crippen molar-refractivity contribution in [3.63, 3.8) is 0 Å². The topological polar surface area (TPSA) is 87.7 Å². The molecule has 0 heterocycles. The first-order chi connectivity index (χ1) is 7.77. The minimum absolute atomic E-state index is 0.0875. The van der Waals surface area contributed by atoms with Crippen molar-refractivity contribution in [2.75, 3.05) is 26.8 Å². The van der Waals surface area contributed by atoms with Crippen LogP contribution in [0.2, 0.25) is 0 Å². The Hall–Kier alpha value is -1.14. The fourth-order valence-electron chi connectivity index (χ4n) is 0.971. The Morgan fingerprint density at radius 2 is 1.88 bits per heavy atom. The maximum atomic E-state index is 11.4. The van der Waals surface area contributed by atoms with E-state index in [-0.39, 0.29) is 31.5 Å². The molecule has 0 aromatic rings. The number of rotatable bonds is 6. The lowest BCUT2D eigenvalue weighted by Gasteiger charge is -2.17. The van der Waals surface area contributed by atoms with E-state index in [0.717, 1.165) is 0 Å². The van der Waals surface area contributed by atoms with Gasteiger partial charge in [0.05, 0.1) is 19.3 Å². The Morgan fingerprint density at radius 3 is 2.35 bits per heavy atom. The second-order valence-electron chi connectivity index (χ2n) is 4.85. The van der Waals surface area contributed by atoms with E-state index in [1.165, 1.54) is 7.11 Å². The predicted molar refractivity (Wildman–Crippen MR) is 63.4 cm³/mol. The molecule has 100 valence electrons. The van der Waals surface area contributed by atoms with Gasteiger partial charge >= 0.3 is 0 Å². The molecule has 0 radical (unpaired) electrons.